The van der Waals surface area contributed by atoms with Gasteiger partial charge >= 0.3 is 5.97 Å². The molecule has 1 unspecified atom stereocenters. The summed E-state index contributed by atoms with van der Waals surface area (Å²) >= 11 is 0. The number of methoxy groups -OCH3 is 1. The molecule has 1 atom stereocenters. The van der Waals surface area contributed by atoms with Crippen molar-refractivity contribution in [1.29, 1.82) is 0 Å². The minimum atomic E-state index is -1.56. The first-order valence-electron chi connectivity index (χ1n) is 6.70. The highest BCUT2D eigenvalue weighted by Gasteiger charge is 2.17. The zero-order chi connectivity index (χ0) is 17.0. The summed E-state index contributed by atoms with van der Waals surface area (Å²) in [5.41, 5.74) is 1.00. The summed E-state index contributed by atoms with van der Waals surface area (Å²) in [4.78, 5) is 14.0. The number of carbonyl (C=O) groups is 1. The number of aliphatic hydroxyl groups excluding tert-OH is 1. The predicted molar refractivity (Wildman–Crippen MR) is 75.1 cm³/mol. The van der Waals surface area contributed by atoms with Crippen LogP contribution in [0.4, 0.5) is 13.2 Å². The molecule has 0 fully saturated rings. The molecule has 5 nitrogen and oxygen atoms in total. The molecule has 1 aromatic heterocycles. The zero-order valence-corrected chi connectivity index (χ0v) is 12.2. The number of hydrogen-bond acceptors (Lipinski definition) is 4. The third-order valence-electron chi connectivity index (χ3n) is 3.29. The summed E-state index contributed by atoms with van der Waals surface area (Å²) in [6.07, 6.45) is 1.56. The number of esters is 1. The van der Waals surface area contributed by atoms with Gasteiger partial charge in [0.05, 0.1) is 19.8 Å². The summed E-state index contributed by atoms with van der Waals surface area (Å²) in [5, 5.41) is 12.2. The molecule has 3 N–H and O–H groups in total. The average Bonchev–Trinajstić information content (AvgIpc) is 3.01. The quantitative estimate of drug-likeness (QED) is 0.560. The molecule has 124 valence electrons. The van der Waals surface area contributed by atoms with Crippen LogP contribution in [0.25, 0.3) is 0 Å². The van der Waals surface area contributed by atoms with E-state index in [0.29, 0.717) is 5.56 Å². The molecule has 23 heavy (non-hydrogen) atoms. The SMILES string of the molecule is COC(=O)c1cc(CNC(CO)c2cc(F)c(F)c(F)c2)c[nH]1. The fraction of sp³-hybridized carbons (Fsp3) is 0.267. The number of hydrogen-bond donors (Lipinski definition) is 3. The van der Waals surface area contributed by atoms with Crippen LogP contribution >= 0.6 is 0 Å². The van der Waals surface area contributed by atoms with Gasteiger partial charge in [0.25, 0.3) is 0 Å². The van der Waals surface area contributed by atoms with Gasteiger partial charge in [0.2, 0.25) is 0 Å². The number of carbonyl (C=O) groups excluding carboxylic acids is 1. The van der Waals surface area contributed by atoms with Gasteiger partial charge in [-0.05, 0) is 29.3 Å². The molecular weight excluding hydrogens is 313 g/mol. The van der Waals surface area contributed by atoms with Crippen LogP contribution < -0.4 is 5.32 Å². The van der Waals surface area contributed by atoms with Gasteiger partial charge in [-0.3, -0.25) is 0 Å². The van der Waals surface area contributed by atoms with E-state index < -0.39 is 36.1 Å². The lowest BCUT2D eigenvalue weighted by Gasteiger charge is -2.16. The second kappa shape index (κ2) is 7.30. The van der Waals surface area contributed by atoms with Gasteiger partial charge in [0.1, 0.15) is 5.69 Å². The number of H-pyrrole nitrogens is 1. The molecule has 0 saturated heterocycles. The number of aromatic amines is 1. The third kappa shape index (κ3) is 3.91. The molecule has 0 radical (unpaired) electrons. The van der Waals surface area contributed by atoms with Gasteiger partial charge in [-0.1, -0.05) is 0 Å². The van der Waals surface area contributed by atoms with E-state index in [1.807, 2.05) is 0 Å². The molecule has 1 heterocycles. The number of halogens is 3. The van der Waals surface area contributed by atoms with E-state index in [2.05, 4.69) is 15.0 Å². The van der Waals surface area contributed by atoms with Crippen LogP contribution in [-0.2, 0) is 11.3 Å². The van der Waals surface area contributed by atoms with Gasteiger partial charge in [-0.25, -0.2) is 18.0 Å². The Hall–Kier alpha value is -2.32. The summed E-state index contributed by atoms with van der Waals surface area (Å²) in [7, 11) is 1.25. The summed E-state index contributed by atoms with van der Waals surface area (Å²) in [6.45, 7) is -0.238. The van der Waals surface area contributed by atoms with Crippen molar-refractivity contribution in [3.63, 3.8) is 0 Å². The number of rotatable bonds is 6. The van der Waals surface area contributed by atoms with Gasteiger partial charge in [0, 0.05) is 12.7 Å². The Morgan fingerprint density at radius 1 is 1.30 bits per heavy atom. The van der Waals surface area contributed by atoms with Crippen molar-refractivity contribution in [2.24, 2.45) is 0 Å². The minimum Gasteiger partial charge on any atom is -0.464 e. The Bertz CT molecular complexity index is 680. The molecule has 0 aliphatic rings. The fourth-order valence-corrected chi connectivity index (χ4v) is 2.07. The Kier molecular flexibility index (Phi) is 5.41. The molecule has 0 saturated carbocycles. The summed E-state index contributed by atoms with van der Waals surface area (Å²) in [6, 6.07) is 2.39. The Balaban J connectivity index is 2.08. The van der Waals surface area contributed by atoms with Crippen LogP contribution in [0.1, 0.15) is 27.7 Å². The first-order valence-corrected chi connectivity index (χ1v) is 6.70. The second-order valence-corrected chi connectivity index (χ2v) is 4.83. The van der Waals surface area contributed by atoms with E-state index in [0.717, 1.165) is 12.1 Å². The van der Waals surface area contributed by atoms with Crippen LogP contribution in [0.2, 0.25) is 0 Å². The number of ether oxygens (including phenoxy) is 1. The van der Waals surface area contributed by atoms with Crippen molar-refractivity contribution in [3.8, 4) is 0 Å². The Morgan fingerprint density at radius 2 is 1.96 bits per heavy atom. The monoisotopic (exact) mass is 328 g/mol. The van der Waals surface area contributed by atoms with Crippen LogP contribution in [0.5, 0.6) is 0 Å². The first kappa shape index (κ1) is 17.0. The highest BCUT2D eigenvalue weighted by Crippen LogP contribution is 2.20. The maximum absolute atomic E-state index is 13.3. The highest BCUT2D eigenvalue weighted by molar-refractivity contribution is 5.87. The van der Waals surface area contributed by atoms with Gasteiger partial charge in [-0.2, -0.15) is 0 Å². The largest absolute Gasteiger partial charge is 0.464 e. The zero-order valence-electron chi connectivity index (χ0n) is 12.2. The molecule has 8 heteroatoms. The molecule has 2 aromatic rings. The van der Waals surface area contributed by atoms with Crippen molar-refractivity contribution in [2.75, 3.05) is 13.7 Å². The smallest absolute Gasteiger partial charge is 0.354 e. The lowest BCUT2D eigenvalue weighted by atomic mass is 10.1. The van der Waals surface area contributed by atoms with Crippen LogP contribution in [0, 0.1) is 17.5 Å². The standard InChI is InChI=1S/C15H15F3N2O3/c1-23-15(22)12-2-8(5-19-12)6-20-13(7-21)9-3-10(16)14(18)11(17)4-9/h2-5,13,19-21H,6-7H2,1H3. The lowest BCUT2D eigenvalue weighted by Crippen LogP contribution is -2.24. The van der Waals surface area contributed by atoms with Gasteiger partial charge < -0.3 is 20.1 Å². The number of aliphatic hydroxyl groups is 1. The summed E-state index contributed by atoms with van der Waals surface area (Å²) < 4.78 is 44.0. The maximum atomic E-state index is 13.3. The molecule has 0 aliphatic carbocycles. The lowest BCUT2D eigenvalue weighted by molar-refractivity contribution is 0.0595. The van der Waals surface area contributed by atoms with E-state index >= 15 is 0 Å². The van der Waals surface area contributed by atoms with Crippen molar-refractivity contribution in [1.82, 2.24) is 10.3 Å². The van der Waals surface area contributed by atoms with Crippen LogP contribution in [-0.4, -0.2) is 29.8 Å². The van der Waals surface area contributed by atoms with E-state index in [1.54, 1.807) is 12.3 Å². The van der Waals surface area contributed by atoms with E-state index in [4.69, 9.17) is 0 Å². The van der Waals surface area contributed by atoms with Crippen molar-refractivity contribution >= 4 is 5.97 Å². The minimum absolute atomic E-state index is 0.0765. The Morgan fingerprint density at radius 3 is 2.52 bits per heavy atom. The van der Waals surface area contributed by atoms with Crippen molar-refractivity contribution in [3.05, 3.63) is 58.7 Å². The van der Waals surface area contributed by atoms with E-state index in [9.17, 15) is 23.1 Å². The molecule has 2 rings (SSSR count). The first-order chi connectivity index (χ1) is 11.0. The molecule has 0 amide bonds. The second-order valence-electron chi connectivity index (χ2n) is 4.83. The molecule has 0 bridgehead atoms. The van der Waals surface area contributed by atoms with Crippen LogP contribution in [0.15, 0.2) is 24.4 Å². The topological polar surface area (TPSA) is 74.3 Å². The molecule has 1 aromatic carbocycles. The number of benzene rings is 1. The molecular formula is C15H15F3N2O3. The predicted octanol–water partition coefficient (Wildman–Crippen LogP) is 2.04. The van der Waals surface area contributed by atoms with Crippen LogP contribution in [0.3, 0.4) is 0 Å². The maximum Gasteiger partial charge on any atom is 0.354 e. The molecule has 0 spiro atoms. The van der Waals surface area contributed by atoms with E-state index in [-0.39, 0.29) is 17.8 Å². The Labute approximate surface area is 130 Å². The van der Waals surface area contributed by atoms with E-state index in [1.165, 1.54) is 7.11 Å². The van der Waals surface area contributed by atoms with Gasteiger partial charge in [-0.15, -0.1) is 0 Å². The third-order valence-corrected chi connectivity index (χ3v) is 3.29. The fourth-order valence-electron chi connectivity index (χ4n) is 2.07. The van der Waals surface area contributed by atoms with Crippen molar-refractivity contribution < 1.29 is 27.8 Å². The summed E-state index contributed by atoms with van der Waals surface area (Å²) in [5.74, 6) is -4.74. The normalized spacial score (nSPS) is 12.2. The van der Waals surface area contributed by atoms with Crippen molar-refractivity contribution in [2.45, 2.75) is 12.6 Å². The molecule has 0 aliphatic heterocycles. The number of aromatic nitrogens is 1. The van der Waals surface area contributed by atoms with Gasteiger partial charge in [0.15, 0.2) is 17.5 Å². The number of nitrogens with one attached hydrogen (secondary N) is 2. The highest BCUT2D eigenvalue weighted by atomic mass is 19.2. The average molecular weight is 328 g/mol.